The highest BCUT2D eigenvalue weighted by Crippen LogP contribution is 2.18. The maximum Gasteiger partial charge on any atom is 0.258 e. The van der Waals surface area contributed by atoms with Crippen molar-refractivity contribution in [2.45, 2.75) is 52.4 Å². The number of para-hydroxylation sites is 1. The van der Waals surface area contributed by atoms with Crippen molar-refractivity contribution < 1.29 is 9.59 Å². The average Bonchev–Trinajstić information content (AvgIpc) is 2.69. The summed E-state index contributed by atoms with van der Waals surface area (Å²) >= 11 is 0. The summed E-state index contributed by atoms with van der Waals surface area (Å²) in [6.45, 7) is 4.74. The van der Waals surface area contributed by atoms with Crippen molar-refractivity contribution in [3.05, 3.63) is 60.2 Å². The Balaban J connectivity index is 1.90. The first-order valence-electron chi connectivity index (χ1n) is 9.92. The molecule has 2 rings (SSSR count). The lowest BCUT2D eigenvalue weighted by Crippen LogP contribution is -2.30. The van der Waals surface area contributed by atoms with E-state index >= 15 is 0 Å². The number of rotatable bonds is 10. The first kappa shape index (κ1) is 20.7. The number of anilines is 2. The zero-order valence-electron chi connectivity index (χ0n) is 16.4. The highest BCUT2D eigenvalue weighted by atomic mass is 16.2. The van der Waals surface area contributed by atoms with E-state index in [1.54, 1.807) is 29.2 Å². The maximum absolute atomic E-state index is 12.8. The minimum atomic E-state index is -0.0440. The monoisotopic (exact) mass is 366 g/mol. The topological polar surface area (TPSA) is 49.4 Å². The molecule has 27 heavy (non-hydrogen) atoms. The maximum atomic E-state index is 12.8. The summed E-state index contributed by atoms with van der Waals surface area (Å²) < 4.78 is 0. The van der Waals surface area contributed by atoms with Gasteiger partial charge in [0.05, 0.1) is 0 Å². The van der Waals surface area contributed by atoms with Crippen LogP contribution in [0.5, 0.6) is 0 Å². The van der Waals surface area contributed by atoms with Crippen molar-refractivity contribution in [2.24, 2.45) is 0 Å². The van der Waals surface area contributed by atoms with Crippen LogP contribution in [0.2, 0.25) is 0 Å². The molecule has 0 fully saturated rings. The molecule has 0 aliphatic heterocycles. The number of hydrogen-bond donors (Lipinski definition) is 1. The van der Waals surface area contributed by atoms with Crippen molar-refractivity contribution >= 4 is 23.2 Å². The number of amides is 2. The molecule has 0 saturated carbocycles. The van der Waals surface area contributed by atoms with Crippen molar-refractivity contribution in [3.8, 4) is 0 Å². The lowest BCUT2D eigenvalue weighted by molar-refractivity contribution is -0.116. The number of nitrogens with zero attached hydrogens (tertiary/aromatic N) is 1. The molecule has 0 unspecified atom stereocenters. The van der Waals surface area contributed by atoms with Gasteiger partial charge in [0.15, 0.2) is 0 Å². The normalized spacial score (nSPS) is 10.4. The molecule has 4 heteroatoms. The number of carbonyl (C=O) groups is 2. The minimum absolute atomic E-state index is 0.0324. The third-order valence-electron chi connectivity index (χ3n) is 4.55. The van der Waals surface area contributed by atoms with Crippen molar-refractivity contribution in [3.63, 3.8) is 0 Å². The number of unbranched alkanes of at least 4 members (excludes halogenated alkanes) is 4. The fourth-order valence-corrected chi connectivity index (χ4v) is 3.02. The molecule has 0 radical (unpaired) electrons. The molecule has 2 aromatic rings. The lowest BCUT2D eigenvalue weighted by Gasteiger charge is -2.21. The largest absolute Gasteiger partial charge is 0.326 e. The average molecular weight is 367 g/mol. The van der Waals surface area contributed by atoms with Crippen LogP contribution in [0.4, 0.5) is 11.4 Å². The SMILES string of the molecule is CCCCCCCC(=O)Nc1ccc(C(=O)N(CC)c2ccccc2)cc1. The molecule has 0 spiro atoms. The Hall–Kier alpha value is -2.62. The van der Waals surface area contributed by atoms with Crippen LogP contribution in [0.15, 0.2) is 54.6 Å². The Morgan fingerprint density at radius 1 is 0.852 bits per heavy atom. The molecule has 1 N–H and O–H groups in total. The van der Waals surface area contributed by atoms with E-state index in [1.165, 1.54) is 19.3 Å². The van der Waals surface area contributed by atoms with Crippen LogP contribution < -0.4 is 10.2 Å². The quantitative estimate of drug-likeness (QED) is 0.552. The van der Waals surface area contributed by atoms with Crippen LogP contribution in [-0.2, 0) is 4.79 Å². The number of nitrogens with one attached hydrogen (secondary N) is 1. The highest BCUT2D eigenvalue weighted by Gasteiger charge is 2.15. The van der Waals surface area contributed by atoms with Gasteiger partial charge in [-0.2, -0.15) is 0 Å². The zero-order valence-corrected chi connectivity index (χ0v) is 16.4. The molecule has 4 nitrogen and oxygen atoms in total. The molecule has 0 aromatic heterocycles. The standard InChI is InChI=1S/C23H30N2O2/c1-3-5-6-7-11-14-22(26)24-20-17-15-19(16-18-20)23(27)25(4-2)21-12-9-8-10-13-21/h8-10,12-13,15-18H,3-7,11,14H2,1-2H3,(H,24,26). The van der Waals surface area contributed by atoms with Crippen LogP contribution in [0.3, 0.4) is 0 Å². The van der Waals surface area contributed by atoms with Crippen LogP contribution in [0.1, 0.15) is 62.7 Å². The fraction of sp³-hybridized carbons (Fsp3) is 0.391. The summed E-state index contributed by atoms with van der Waals surface area (Å²) in [7, 11) is 0. The van der Waals surface area contributed by atoms with Gasteiger partial charge in [-0.3, -0.25) is 9.59 Å². The smallest absolute Gasteiger partial charge is 0.258 e. The molecule has 2 amide bonds. The van der Waals surface area contributed by atoms with Crippen LogP contribution in [-0.4, -0.2) is 18.4 Å². The summed E-state index contributed by atoms with van der Waals surface area (Å²) in [6.07, 6.45) is 6.19. The van der Waals surface area contributed by atoms with Crippen LogP contribution >= 0.6 is 0 Å². The molecule has 144 valence electrons. The summed E-state index contributed by atoms with van der Waals surface area (Å²) in [5, 5.41) is 2.91. The molecular weight excluding hydrogens is 336 g/mol. The minimum Gasteiger partial charge on any atom is -0.326 e. The van der Waals surface area contributed by atoms with E-state index in [2.05, 4.69) is 12.2 Å². The van der Waals surface area contributed by atoms with Gasteiger partial charge >= 0.3 is 0 Å². The zero-order chi connectivity index (χ0) is 19.5. The van der Waals surface area contributed by atoms with Gasteiger partial charge in [-0.1, -0.05) is 50.8 Å². The Labute approximate surface area is 162 Å². The Kier molecular flexibility index (Phi) is 8.56. The second kappa shape index (κ2) is 11.2. The van der Waals surface area contributed by atoms with Gasteiger partial charge in [0.2, 0.25) is 5.91 Å². The molecule has 0 aliphatic rings. The predicted octanol–water partition coefficient (Wildman–Crippen LogP) is 5.65. The van der Waals surface area contributed by atoms with E-state index < -0.39 is 0 Å². The summed E-state index contributed by atoms with van der Waals surface area (Å²) in [5.41, 5.74) is 2.22. The molecule has 0 aliphatic carbocycles. The first-order chi connectivity index (χ1) is 13.2. The van der Waals surface area contributed by atoms with E-state index in [0.29, 0.717) is 18.5 Å². The highest BCUT2D eigenvalue weighted by molar-refractivity contribution is 6.06. The second-order valence-electron chi connectivity index (χ2n) is 6.67. The van der Waals surface area contributed by atoms with E-state index in [9.17, 15) is 9.59 Å². The Morgan fingerprint density at radius 2 is 1.52 bits per heavy atom. The predicted molar refractivity (Wildman–Crippen MR) is 112 cm³/mol. The summed E-state index contributed by atoms with van der Waals surface area (Å²) in [5.74, 6) is -0.0115. The van der Waals surface area contributed by atoms with E-state index in [1.807, 2.05) is 37.3 Å². The van der Waals surface area contributed by atoms with Gasteiger partial charge < -0.3 is 10.2 Å². The summed E-state index contributed by atoms with van der Waals surface area (Å²) in [4.78, 5) is 26.5. The number of carbonyl (C=O) groups excluding carboxylic acids is 2. The number of benzene rings is 2. The molecule has 2 aromatic carbocycles. The van der Waals surface area contributed by atoms with Crippen molar-refractivity contribution in [1.82, 2.24) is 0 Å². The molecular formula is C23H30N2O2. The number of hydrogen-bond acceptors (Lipinski definition) is 2. The Bertz CT molecular complexity index is 711. The fourth-order valence-electron chi connectivity index (χ4n) is 3.02. The van der Waals surface area contributed by atoms with Crippen LogP contribution in [0.25, 0.3) is 0 Å². The molecule has 0 bridgehead atoms. The van der Waals surface area contributed by atoms with Gasteiger partial charge in [0.1, 0.15) is 0 Å². The van der Waals surface area contributed by atoms with Gasteiger partial charge in [0.25, 0.3) is 5.91 Å². The van der Waals surface area contributed by atoms with Gasteiger partial charge in [-0.05, 0) is 49.7 Å². The molecule has 0 atom stereocenters. The van der Waals surface area contributed by atoms with Gasteiger partial charge in [0, 0.05) is 29.9 Å². The third-order valence-corrected chi connectivity index (χ3v) is 4.55. The van der Waals surface area contributed by atoms with Crippen LogP contribution in [0, 0.1) is 0 Å². The van der Waals surface area contributed by atoms with E-state index in [4.69, 9.17) is 0 Å². The molecule has 0 heterocycles. The van der Waals surface area contributed by atoms with Gasteiger partial charge in [-0.15, -0.1) is 0 Å². The van der Waals surface area contributed by atoms with Gasteiger partial charge in [-0.25, -0.2) is 0 Å². The van der Waals surface area contributed by atoms with E-state index in [0.717, 1.165) is 24.2 Å². The first-order valence-corrected chi connectivity index (χ1v) is 9.92. The summed E-state index contributed by atoms with van der Waals surface area (Å²) in [6, 6.07) is 16.8. The third kappa shape index (κ3) is 6.55. The second-order valence-corrected chi connectivity index (χ2v) is 6.67. The van der Waals surface area contributed by atoms with Crippen molar-refractivity contribution in [2.75, 3.05) is 16.8 Å². The Morgan fingerprint density at radius 3 is 2.15 bits per heavy atom. The van der Waals surface area contributed by atoms with Crippen molar-refractivity contribution in [1.29, 1.82) is 0 Å². The lowest BCUT2D eigenvalue weighted by atomic mass is 10.1. The molecule has 0 saturated heterocycles. The van der Waals surface area contributed by atoms with E-state index in [-0.39, 0.29) is 11.8 Å².